The van der Waals surface area contributed by atoms with Gasteiger partial charge in [0.1, 0.15) is 5.75 Å². The van der Waals surface area contributed by atoms with Crippen LogP contribution < -0.4 is 20.7 Å². The fourth-order valence-electron chi connectivity index (χ4n) is 2.47. The molecule has 0 spiro atoms. The monoisotopic (exact) mass is 311 g/mol. The summed E-state index contributed by atoms with van der Waals surface area (Å²) >= 11 is 0. The van der Waals surface area contributed by atoms with Crippen LogP contribution in [0.4, 0.5) is 5.69 Å². The molecule has 3 N–H and O–H groups in total. The van der Waals surface area contributed by atoms with Crippen LogP contribution in [0.5, 0.6) is 5.75 Å². The van der Waals surface area contributed by atoms with E-state index in [-0.39, 0.29) is 30.8 Å². The summed E-state index contributed by atoms with van der Waals surface area (Å²) in [5.41, 5.74) is 1.07. The zero-order valence-electron chi connectivity index (χ0n) is 11.5. The minimum absolute atomic E-state index is 0. The molecule has 0 aromatic heterocycles. The molecule has 2 heterocycles. The number of amides is 2. The number of carbonyl (C=O) groups is 2. The van der Waals surface area contributed by atoms with Crippen molar-refractivity contribution in [3.8, 4) is 5.75 Å². The van der Waals surface area contributed by atoms with Crippen molar-refractivity contribution < 1.29 is 14.3 Å². The molecule has 1 atom stereocenters. The zero-order valence-corrected chi connectivity index (χ0v) is 12.3. The highest BCUT2D eigenvalue weighted by Gasteiger charge is 2.19. The molecule has 21 heavy (non-hydrogen) atoms. The number of carbonyl (C=O) groups excluding carboxylic acids is 2. The Kier molecular flexibility index (Phi) is 5.03. The first-order chi connectivity index (χ1) is 9.72. The number of benzene rings is 1. The first-order valence-electron chi connectivity index (χ1n) is 6.80. The first-order valence-corrected chi connectivity index (χ1v) is 6.80. The molecule has 2 aliphatic rings. The van der Waals surface area contributed by atoms with E-state index >= 15 is 0 Å². The third-order valence-electron chi connectivity index (χ3n) is 3.55. The second kappa shape index (κ2) is 6.78. The summed E-state index contributed by atoms with van der Waals surface area (Å²) < 4.78 is 5.26. The molecule has 0 radical (unpaired) electrons. The standard InChI is InChI=1S/C14H17N3O3.ClH/c18-13-8-20-12-4-3-9(6-11(12)17-13)14(19)16-7-10-2-1-5-15-10;/h3-4,6,10,15H,1-2,5,7-8H2,(H,16,19)(H,17,18);1H. The first kappa shape index (κ1) is 15.6. The Morgan fingerprint density at radius 2 is 2.29 bits per heavy atom. The van der Waals surface area contributed by atoms with Gasteiger partial charge < -0.3 is 20.7 Å². The van der Waals surface area contributed by atoms with E-state index in [1.165, 1.54) is 0 Å². The van der Waals surface area contributed by atoms with E-state index < -0.39 is 0 Å². The van der Waals surface area contributed by atoms with Crippen LogP contribution in [0, 0.1) is 0 Å². The van der Waals surface area contributed by atoms with Gasteiger partial charge in [-0.25, -0.2) is 0 Å². The highest BCUT2D eigenvalue weighted by atomic mass is 35.5. The summed E-state index contributed by atoms with van der Waals surface area (Å²) in [5, 5.41) is 8.93. The smallest absolute Gasteiger partial charge is 0.262 e. The third kappa shape index (κ3) is 3.65. The van der Waals surface area contributed by atoms with Crippen molar-refractivity contribution in [1.82, 2.24) is 10.6 Å². The van der Waals surface area contributed by atoms with Gasteiger partial charge in [-0.1, -0.05) is 0 Å². The second-order valence-electron chi connectivity index (χ2n) is 5.05. The highest BCUT2D eigenvalue weighted by molar-refractivity contribution is 5.99. The number of ether oxygens (including phenoxy) is 1. The maximum absolute atomic E-state index is 12.1. The second-order valence-corrected chi connectivity index (χ2v) is 5.05. The molecule has 0 bridgehead atoms. The molecule has 1 aromatic carbocycles. The minimum atomic E-state index is -0.204. The Bertz CT molecular complexity index is 544. The molecule has 0 aliphatic carbocycles. The van der Waals surface area contributed by atoms with E-state index in [4.69, 9.17) is 4.74 Å². The number of hydrogen-bond acceptors (Lipinski definition) is 4. The van der Waals surface area contributed by atoms with Gasteiger partial charge in [0.2, 0.25) is 0 Å². The molecule has 7 heteroatoms. The summed E-state index contributed by atoms with van der Waals surface area (Å²) in [7, 11) is 0. The molecular formula is C14H18ClN3O3. The van der Waals surface area contributed by atoms with E-state index in [2.05, 4.69) is 16.0 Å². The summed E-state index contributed by atoms with van der Waals surface area (Å²) in [6.45, 7) is 1.66. The molecule has 2 amide bonds. The number of halogens is 1. The van der Waals surface area contributed by atoms with Crippen molar-refractivity contribution in [2.75, 3.05) is 25.0 Å². The largest absolute Gasteiger partial charge is 0.482 e. The number of rotatable bonds is 3. The Labute approximate surface area is 129 Å². The van der Waals surface area contributed by atoms with Gasteiger partial charge in [-0.05, 0) is 37.6 Å². The Morgan fingerprint density at radius 1 is 1.43 bits per heavy atom. The van der Waals surface area contributed by atoms with E-state index in [0.29, 0.717) is 29.6 Å². The molecule has 3 rings (SSSR count). The molecule has 6 nitrogen and oxygen atoms in total. The van der Waals surface area contributed by atoms with E-state index in [9.17, 15) is 9.59 Å². The van der Waals surface area contributed by atoms with E-state index in [1.807, 2.05) is 0 Å². The van der Waals surface area contributed by atoms with Gasteiger partial charge in [0.25, 0.3) is 11.8 Å². The zero-order chi connectivity index (χ0) is 13.9. The van der Waals surface area contributed by atoms with Crippen molar-refractivity contribution in [2.24, 2.45) is 0 Å². The van der Waals surface area contributed by atoms with Crippen LogP contribution in [0.2, 0.25) is 0 Å². The SMILES string of the molecule is Cl.O=C1COc2ccc(C(=O)NCC3CCCN3)cc2N1. The molecule has 2 aliphatic heterocycles. The fourth-order valence-corrected chi connectivity index (χ4v) is 2.47. The van der Waals surface area contributed by atoms with Crippen LogP contribution in [-0.4, -0.2) is 37.6 Å². The lowest BCUT2D eigenvalue weighted by Crippen LogP contribution is -2.37. The van der Waals surface area contributed by atoms with Gasteiger partial charge in [-0.15, -0.1) is 12.4 Å². The maximum Gasteiger partial charge on any atom is 0.262 e. The maximum atomic E-state index is 12.1. The van der Waals surface area contributed by atoms with Gasteiger partial charge in [-0.3, -0.25) is 9.59 Å². The number of anilines is 1. The van der Waals surface area contributed by atoms with E-state index in [1.54, 1.807) is 18.2 Å². The quantitative estimate of drug-likeness (QED) is 0.775. The molecule has 1 aromatic rings. The average Bonchev–Trinajstić information content (AvgIpc) is 2.97. The predicted octanol–water partition coefficient (Wildman–Crippen LogP) is 0.921. The minimum Gasteiger partial charge on any atom is -0.482 e. The van der Waals surface area contributed by atoms with Gasteiger partial charge in [0.15, 0.2) is 6.61 Å². The summed E-state index contributed by atoms with van der Waals surface area (Å²) in [6, 6.07) is 5.41. The van der Waals surface area contributed by atoms with Crippen LogP contribution in [0.25, 0.3) is 0 Å². The normalized spacial score (nSPS) is 19.8. The number of hydrogen-bond donors (Lipinski definition) is 3. The van der Waals surface area contributed by atoms with E-state index in [0.717, 1.165) is 19.4 Å². The van der Waals surface area contributed by atoms with Crippen molar-refractivity contribution in [3.05, 3.63) is 23.8 Å². The van der Waals surface area contributed by atoms with Gasteiger partial charge in [-0.2, -0.15) is 0 Å². The van der Waals surface area contributed by atoms with Crippen LogP contribution in [-0.2, 0) is 4.79 Å². The molecule has 114 valence electrons. The average molecular weight is 312 g/mol. The number of nitrogens with one attached hydrogen (secondary N) is 3. The van der Waals surface area contributed by atoms with Crippen molar-refractivity contribution in [3.63, 3.8) is 0 Å². The van der Waals surface area contributed by atoms with Crippen LogP contribution in [0.3, 0.4) is 0 Å². The predicted molar refractivity (Wildman–Crippen MR) is 81.2 cm³/mol. The van der Waals surface area contributed by atoms with Crippen LogP contribution in [0.15, 0.2) is 18.2 Å². The van der Waals surface area contributed by atoms with Crippen molar-refractivity contribution >= 4 is 29.9 Å². The van der Waals surface area contributed by atoms with Gasteiger partial charge >= 0.3 is 0 Å². The summed E-state index contributed by atoms with van der Waals surface area (Å²) in [4.78, 5) is 23.3. The Hall–Kier alpha value is -1.79. The molecule has 1 saturated heterocycles. The van der Waals surface area contributed by atoms with Gasteiger partial charge in [0.05, 0.1) is 5.69 Å². The number of fused-ring (bicyclic) bond motifs is 1. The lowest BCUT2D eigenvalue weighted by molar-refractivity contribution is -0.118. The van der Waals surface area contributed by atoms with Crippen molar-refractivity contribution in [2.45, 2.75) is 18.9 Å². The third-order valence-corrected chi connectivity index (χ3v) is 3.55. The van der Waals surface area contributed by atoms with Crippen LogP contribution >= 0.6 is 12.4 Å². The van der Waals surface area contributed by atoms with Gasteiger partial charge in [0, 0.05) is 18.2 Å². The molecule has 1 fully saturated rings. The topological polar surface area (TPSA) is 79.5 Å². The Balaban J connectivity index is 0.00000161. The lowest BCUT2D eigenvalue weighted by Gasteiger charge is -2.18. The molecule has 0 saturated carbocycles. The van der Waals surface area contributed by atoms with Crippen molar-refractivity contribution in [1.29, 1.82) is 0 Å². The highest BCUT2D eigenvalue weighted by Crippen LogP contribution is 2.28. The summed E-state index contributed by atoms with van der Waals surface area (Å²) in [5.74, 6) is 0.255. The molecular weight excluding hydrogens is 294 g/mol. The summed E-state index contributed by atoms with van der Waals surface area (Å²) in [6.07, 6.45) is 2.25. The lowest BCUT2D eigenvalue weighted by atomic mass is 10.1. The fraction of sp³-hybridized carbons (Fsp3) is 0.429. The molecule has 1 unspecified atom stereocenters. The Morgan fingerprint density at radius 3 is 3.05 bits per heavy atom. The van der Waals surface area contributed by atoms with Crippen LogP contribution in [0.1, 0.15) is 23.2 Å².